The number of hydrogen-bond donors (Lipinski definition) is 0. The first kappa shape index (κ1) is 9.68. The number of aromatic nitrogens is 3. The Bertz CT molecular complexity index is 447. The van der Waals surface area contributed by atoms with Gasteiger partial charge in [-0.2, -0.15) is 5.10 Å². The third-order valence-electron chi connectivity index (χ3n) is 1.87. The van der Waals surface area contributed by atoms with E-state index >= 15 is 0 Å². The third-order valence-corrected chi connectivity index (χ3v) is 2.81. The Morgan fingerprint density at radius 3 is 2.79 bits per heavy atom. The molecule has 2 aromatic rings. The molecule has 5 heteroatoms. The van der Waals surface area contributed by atoms with Crippen molar-refractivity contribution in [2.45, 2.75) is 6.92 Å². The minimum absolute atomic E-state index is 0.646. The number of halogens is 2. The molecule has 0 amide bonds. The van der Waals surface area contributed by atoms with E-state index < -0.39 is 0 Å². The van der Waals surface area contributed by atoms with Gasteiger partial charge in [0.2, 0.25) is 0 Å². The van der Waals surface area contributed by atoms with Crippen molar-refractivity contribution in [3.63, 3.8) is 0 Å². The Labute approximate surface area is 94.9 Å². The maximum absolute atomic E-state index is 6.07. The summed E-state index contributed by atoms with van der Waals surface area (Å²) in [4.78, 5) is 4.05. The van der Waals surface area contributed by atoms with Crippen LogP contribution >= 0.6 is 27.5 Å². The standard InChI is InChI=1S/C9H7BrClN3/c1-6-12-5-13-14(6)9-7(10)3-2-4-8(9)11/h2-5H,1H3. The lowest BCUT2D eigenvalue weighted by Gasteiger charge is -2.07. The largest absolute Gasteiger partial charge is 0.220 e. The molecule has 0 fully saturated rings. The average molecular weight is 273 g/mol. The van der Waals surface area contributed by atoms with Crippen LogP contribution in [-0.2, 0) is 0 Å². The highest BCUT2D eigenvalue weighted by atomic mass is 79.9. The van der Waals surface area contributed by atoms with Gasteiger partial charge < -0.3 is 0 Å². The van der Waals surface area contributed by atoms with E-state index in [1.807, 2.05) is 25.1 Å². The molecule has 0 bridgehead atoms. The summed E-state index contributed by atoms with van der Waals surface area (Å²) < 4.78 is 2.60. The molecule has 0 aliphatic rings. The molecule has 2 rings (SSSR count). The first-order valence-corrected chi connectivity index (χ1v) is 5.18. The quantitative estimate of drug-likeness (QED) is 0.799. The van der Waals surface area contributed by atoms with Gasteiger partial charge in [0.15, 0.2) is 0 Å². The summed E-state index contributed by atoms with van der Waals surface area (Å²) in [5.41, 5.74) is 0.823. The molecule has 1 aromatic heterocycles. The van der Waals surface area contributed by atoms with E-state index in [2.05, 4.69) is 26.0 Å². The van der Waals surface area contributed by atoms with Crippen LogP contribution in [0.25, 0.3) is 5.69 Å². The van der Waals surface area contributed by atoms with E-state index in [9.17, 15) is 0 Å². The fourth-order valence-corrected chi connectivity index (χ4v) is 2.11. The monoisotopic (exact) mass is 271 g/mol. The van der Waals surface area contributed by atoms with Crippen molar-refractivity contribution in [3.8, 4) is 5.69 Å². The summed E-state index contributed by atoms with van der Waals surface area (Å²) in [6.45, 7) is 1.88. The Morgan fingerprint density at radius 1 is 1.43 bits per heavy atom. The van der Waals surface area contributed by atoms with Crippen LogP contribution in [0.1, 0.15) is 5.82 Å². The number of aryl methyl sites for hydroxylation is 1. The van der Waals surface area contributed by atoms with Crippen molar-refractivity contribution < 1.29 is 0 Å². The van der Waals surface area contributed by atoms with Crippen LogP contribution in [-0.4, -0.2) is 14.8 Å². The molecule has 3 nitrogen and oxygen atoms in total. The van der Waals surface area contributed by atoms with Crippen LogP contribution in [0.4, 0.5) is 0 Å². The fraction of sp³-hybridized carbons (Fsp3) is 0.111. The van der Waals surface area contributed by atoms with E-state index in [-0.39, 0.29) is 0 Å². The van der Waals surface area contributed by atoms with E-state index in [0.717, 1.165) is 16.0 Å². The molecule has 0 radical (unpaired) electrons. The summed E-state index contributed by atoms with van der Waals surface area (Å²) in [7, 11) is 0. The average Bonchev–Trinajstić information content (AvgIpc) is 2.52. The fourth-order valence-electron chi connectivity index (χ4n) is 1.21. The number of nitrogens with zero attached hydrogens (tertiary/aromatic N) is 3. The summed E-state index contributed by atoms with van der Waals surface area (Å²) >= 11 is 9.50. The Kier molecular flexibility index (Phi) is 2.56. The van der Waals surface area contributed by atoms with Gasteiger partial charge in [0, 0.05) is 4.47 Å². The molecular weight excluding hydrogens is 265 g/mol. The summed E-state index contributed by atoms with van der Waals surface area (Å²) in [5, 5.41) is 4.75. The normalized spacial score (nSPS) is 10.5. The number of benzene rings is 1. The van der Waals surface area contributed by atoms with Gasteiger partial charge in [0.1, 0.15) is 12.2 Å². The minimum atomic E-state index is 0.646. The highest BCUT2D eigenvalue weighted by molar-refractivity contribution is 9.10. The van der Waals surface area contributed by atoms with Gasteiger partial charge in [-0.25, -0.2) is 9.67 Å². The zero-order valence-electron chi connectivity index (χ0n) is 7.41. The molecule has 0 atom stereocenters. The second-order valence-electron chi connectivity index (χ2n) is 2.79. The molecule has 72 valence electrons. The molecule has 0 saturated carbocycles. The lowest BCUT2D eigenvalue weighted by molar-refractivity contribution is 0.837. The number of hydrogen-bond acceptors (Lipinski definition) is 2. The summed E-state index contributed by atoms with van der Waals surface area (Å²) in [6, 6.07) is 5.62. The van der Waals surface area contributed by atoms with Gasteiger partial charge in [-0.1, -0.05) is 17.7 Å². The maximum Gasteiger partial charge on any atom is 0.138 e. The van der Waals surface area contributed by atoms with E-state index in [1.165, 1.54) is 6.33 Å². The SMILES string of the molecule is Cc1ncnn1-c1c(Cl)cccc1Br. The van der Waals surface area contributed by atoms with E-state index in [4.69, 9.17) is 11.6 Å². The lowest BCUT2D eigenvalue weighted by Crippen LogP contribution is -2.00. The maximum atomic E-state index is 6.07. The van der Waals surface area contributed by atoms with Crippen molar-refractivity contribution >= 4 is 27.5 Å². The lowest BCUT2D eigenvalue weighted by atomic mass is 10.3. The van der Waals surface area contributed by atoms with Crippen molar-refractivity contribution in [2.24, 2.45) is 0 Å². The smallest absolute Gasteiger partial charge is 0.138 e. The first-order chi connectivity index (χ1) is 6.70. The van der Waals surface area contributed by atoms with Crippen LogP contribution < -0.4 is 0 Å². The third kappa shape index (κ3) is 1.55. The highest BCUT2D eigenvalue weighted by Crippen LogP contribution is 2.28. The topological polar surface area (TPSA) is 30.7 Å². The van der Waals surface area contributed by atoms with Crippen molar-refractivity contribution in [2.75, 3.05) is 0 Å². The molecule has 14 heavy (non-hydrogen) atoms. The molecule has 0 unspecified atom stereocenters. The molecule has 0 aliphatic carbocycles. The van der Waals surface area contributed by atoms with Gasteiger partial charge >= 0.3 is 0 Å². The van der Waals surface area contributed by atoms with E-state index in [0.29, 0.717) is 5.02 Å². The van der Waals surface area contributed by atoms with Crippen molar-refractivity contribution in [3.05, 3.63) is 39.8 Å². The summed E-state index contributed by atoms with van der Waals surface area (Å²) in [6.07, 6.45) is 1.51. The van der Waals surface area contributed by atoms with Gasteiger partial charge in [-0.15, -0.1) is 0 Å². The minimum Gasteiger partial charge on any atom is -0.220 e. The van der Waals surface area contributed by atoms with E-state index in [1.54, 1.807) is 4.68 Å². The zero-order valence-corrected chi connectivity index (χ0v) is 9.75. The predicted molar refractivity (Wildman–Crippen MR) is 58.8 cm³/mol. The van der Waals surface area contributed by atoms with Gasteiger partial charge in [0.25, 0.3) is 0 Å². The first-order valence-electron chi connectivity index (χ1n) is 4.01. The Morgan fingerprint density at radius 2 is 2.21 bits per heavy atom. The Hall–Kier alpha value is -0.870. The number of rotatable bonds is 1. The van der Waals surface area contributed by atoms with Gasteiger partial charge in [-0.05, 0) is 35.0 Å². The summed E-state index contributed by atoms with van der Waals surface area (Å²) in [5.74, 6) is 0.804. The Balaban J connectivity index is 2.68. The van der Waals surface area contributed by atoms with Crippen LogP contribution in [0.5, 0.6) is 0 Å². The van der Waals surface area contributed by atoms with Crippen LogP contribution in [0, 0.1) is 6.92 Å². The molecular formula is C9H7BrClN3. The highest BCUT2D eigenvalue weighted by Gasteiger charge is 2.09. The van der Waals surface area contributed by atoms with Crippen LogP contribution in [0.2, 0.25) is 5.02 Å². The van der Waals surface area contributed by atoms with Crippen molar-refractivity contribution in [1.29, 1.82) is 0 Å². The number of para-hydroxylation sites is 1. The zero-order chi connectivity index (χ0) is 10.1. The molecule has 0 spiro atoms. The van der Waals surface area contributed by atoms with Gasteiger partial charge in [-0.3, -0.25) is 0 Å². The van der Waals surface area contributed by atoms with Crippen molar-refractivity contribution in [1.82, 2.24) is 14.8 Å². The second kappa shape index (κ2) is 3.71. The molecule has 0 saturated heterocycles. The van der Waals surface area contributed by atoms with Crippen LogP contribution in [0.3, 0.4) is 0 Å². The van der Waals surface area contributed by atoms with Gasteiger partial charge in [0.05, 0.1) is 10.7 Å². The second-order valence-corrected chi connectivity index (χ2v) is 4.05. The molecule has 1 aromatic carbocycles. The molecule has 1 heterocycles. The predicted octanol–water partition coefficient (Wildman–Crippen LogP) is 2.99. The molecule has 0 aliphatic heterocycles. The molecule has 0 N–H and O–H groups in total. The van der Waals surface area contributed by atoms with Crippen LogP contribution in [0.15, 0.2) is 29.0 Å².